The summed E-state index contributed by atoms with van der Waals surface area (Å²) in [6.07, 6.45) is 6.72. The molecule has 0 aliphatic heterocycles. The van der Waals surface area contributed by atoms with Crippen LogP contribution in [0.4, 0.5) is 0 Å². The summed E-state index contributed by atoms with van der Waals surface area (Å²) < 4.78 is 5.68. The first kappa shape index (κ1) is 15.0. The van der Waals surface area contributed by atoms with E-state index < -0.39 is 0 Å². The Morgan fingerprint density at radius 3 is 2.83 bits per heavy atom. The van der Waals surface area contributed by atoms with E-state index in [1.807, 2.05) is 18.3 Å². The second-order valence-electron chi connectivity index (χ2n) is 4.62. The molecule has 0 radical (unpaired) electrons. The van der Waals surface area contributed by atoms with Gasteiger partial charge >= 0.3 is 0 Å². The van der Waals surface area contributed by atoms with Crippen LogP contribution in [-0.2, 0) is 0 Å². The summed E-state index contributed by atoms with van der Waals surface area (Å²) in [6, 6.07) is 4.42. The van der Waals surface area contributed by atoms with Crippen LogP contribution in [0.1, 0.15) is 58.1 Å². The standard InChI is InChI=1S/C15H26N2O/c1-4-6-7-8-11-18-15-12-14(9-10-17-15)13(3)16-5-2/h9-10,12-13,16H,4-8,11H2,1-3H3. The Bertz CT molecular complexity index is 328. The third kappa shape index (κ3) is 5.50. The van der Waals surface area contributed by atoms with Crippen molar-refractivity contribution in [2.45, 2.75) is 52.5 Å². The van der Waals surface area contributed by atoms with Crippen molar-refractivity contribution in [2.75, 3.05) is 13.2 Å². The average Bonchev–Trinajstić information content (AvgIpc) is 2.39. The molecule has 0 saturated heterocycles. The molecule has 0 aromatic carbocycles. The minimum atomic E-state index is 0.348. The average molecular weight is 250 g/mol. The van der Waals surface area contributed by atoms with E-state index in [0.717, 1.165) is 25.5 Å². The van der Waals surface area contributed by atoms with Crippen molar-refractivity contribution >= 4 is 0 Å². The zero-order valence-electron chi connectivity index (χ0n) is 11.9. The van der Waals surface area contributed by atoms with Gasteiger partial charge in [-0.15, -0.1) is 0 Å². The summed E-state index contributed by atoms with van der Waals surface area (Å²) >= 11 is 0. The molecule has 18 heavy (non-hydrogen) atoms. The number of nitrogens with zero attached hydrogens (tertiary/aromatic N) is 1. The lowest BCUT2D eigenvalue weighted by Gasteiger charge is -2.13. The fourth-order valence-electron chi connectivity index (χ4n) is 1.90. The number of aromatic nitrogens is 1. The number of hydrogen-bond acceptors (Lipinski definition) is 3. The summed E-state index contributed by atoms with van der Waals surface area (Å²) in [4.78, 5) is 4.25. The van der Waals surface area contributed by atoms with Crippen molar-refractivity contribution in [3.63, 3.8) is 0 Å². The molecule has 0 aliphatic rings. The molecule has 1 unspecified atom stereocenters. The van der Waals surface area contributed by atoms with E-state index in [1.165, 1.54) is 24.8 Å². The number of ether oxygens (including phenoxy) is 1. The van der Waals surface area contributed by atoms with Crippen molar-refractivity contribution in [3.05, 3.63) is 23.9 Å². The molecule has 102 valence electrons. The molecule has 0 spiro atoms. The first-order valence-electron chi connectivity index (χ1n) is 7.10. The number of nitrogens with one attached hydrogen (secondary N) is 1. The van der Waals surface area contributed by atoms with Gasteiger partial charge in [-0.3, -0.25) is 0 Å². The van der Waals surface area contributed by atoms with Crippen LogP contribution in [0.2, 0.25) is 0 Å². The summed E-state index contributed by atoms with van der Waals surface area (Å²) in [5.41, 5.74) is 1.23. The van der Waals surface area contributed by atoms with Crippen LogP contribution in [0, 0.1) is 0 Å². The highest BCUT2D eigenvalue weighted by Crippen LogP contribution is 2.16. The fourth-order valence-corrected chi connectivity index (χ4v) is 1.90. The van der Waals surface area contributed by atoms with E-state index in [2.05, 4.69) is 31.1 Å². The maximum atomic E-state index is 5.68. The minimum Gasteiger partial charge on any atom is -0.478 e. The van der Waals surface area contributed by atoms with E-state index in [4.69, 9.17) is 4.74 Å². The van der Waals surface area contributed by atoms with Gasteiger partial charge in [0.05, 0.1) is 6.61 Å². The topological polar surface area (TPSA) is 34.1 Å². The van der Waals surface area contributed by atoms with Crippen LogP contribution in [0.3, 0.4) is 0 Å². The molecule has 3 heteroatoms. The van der Waals surface area contributed by atoms with Gasteiger partial charge in [-0.05, 0) is 31.5 Å². The maximum Gasteiger partial charge on any atom is 0.213 e. The molecule has 0 bridgehead atoms. The van der Waals surface area contributed by atoms with Crippen molar-refractivity contribution < 1.29 is 4.74 Å². The Labute approximate surface area is 111 Å². The van der Waals surface area contributed by atoms with Gasteiger partial charge in [0, 0.05) is 18.3 Å². The molecule has 1 atom stereocenters. The van der Waals surface area contributed by atoms with Crippen LogP contribution >= 0.6 is 0 Å². The van der Waals surface area contributed by atoms with Gasteiger partial charge in [-0.1, -0.05) is 33.1 Å². The van der Waals surface area contributed by atoms with Crippen molar-refractivity contribution in [1.82, 2.24) is 10.3 Å². The highest BCUT2D eigenvalue weighted by Gasteiger charge is 2.05. The molecule has 0 aliphatic carbocycles. The second-order valence-corrected chi connectivity index (χ2v) is 4.62. The van der Waals surface area contributed by atoms with Gasteiger partial charge in [0.2, 0.25) is 5.88 Å². The summed E-state index contributed by atoms with van der Waals surface area (Å²) in [5, 5.41) is 3.39. The predicted molar refractivity (Wildman–Crippen MR) is 76.0 cm³/mol. The Hall–Kier alpha value is -1.09. The highest BCUT2D eigenvalue weighted by atomic mass is 16.5. The largest absolute Gasteiger partial charge is 0.478 e. The molecule has 1 heterocycles. The molecule has 0 fully saturated rings. The lowest BCUT2D eigenvalue weighted by atomic mass is 10.1. The molecule has 0 saturated carbocycles. The molecule has 3 nitrogen and oxygen atoms in total. The molecule has 0 amide bonds. The minimum absolute atomic E-state index is 0.348. The number of rotatable bonds is 9. The molecule has 1 rings (SSSR count). The zero-order valence-corrected chi connectivity index (χ0v) is 11.9. The zero-order chi connectivity index (χ0) is 13.2. The predicted octanol–water partition coefficient (Wildman–Crippen LogP) is 3.71. The van der Waals surface area contributed by atoms with E-state index >= 15 is 0 Å². The molecular weight excluding hydrogens is 224 g/mol. The Kier molecular flexibility index (Phi) is 7.42. The summed E-state index contributed by atoms with van der Waals surface area (Å²) in [5.74, 6) is 0.744. The van der Waals surface area contributed by atoms with Crippen LogP contribution in [0.5, 0.6) is 5.88 Å². The van der Waals surface area contributed by atoms with Gasteiger partial charge in [-0.25, -0.2) is 4.98 Å². The van der Waals surface area contributed by atoms with Crippen LogP contribution in [0.15, 0.2) is 18.3 Å². The number of hydrogen-bond donors (Lipinski definition) is 1. The van der Waals surface area contributed by atoms with Crippen molar-refractivity contribution in [1.29, 1.82) is 0 Å². The molecular formula is C15H26N2O. The Balaban J connectivity index is 2.39. The fraction of sp³-hybridized carbons (Fsp3) is 0.667. The number of unbranched alkanes of at least 4 members (excludes halogenated alkanes) is 3. The first-order valence-corrected chi connectivity index (χ1v) is 7.10. The van der Waals surface area contributed by atoms with Gasteiger partial charge < -0.3 is 10.1 Å². The lowest BCUT2D eigenvalue weighted by molar-refractivity contribution is 0.293. The maximum absolute atomic E-state index is 5.68. The van der Waals surface area contributed by atoms with Gasteiger partial charge in [0.1, 0.15) is 0 Å². The Morgan fingerprint density at radius 1 is 1.28 bits per heavy atom. The Morgan fingerprint density at radius 2 is 2.11 bits per heavy atom. The van der Waals surface area contributed by atoms with E-state index in [-0.39, 0.29) is 0 Å². The van der Waals surface area contributed by atoms with Crippen molar-refractivity contribution in [3.8, 4) is 5.88 Å². The highest BCUT2D eigenvalue weighted by molar-refractivity contribution is 5.23. The van der Waals surface area contributed by atoms with Crippen LogP contribution in [-0.4, -0.2) is 18.1 Å². The SMILES string of the molecule is CCCCCCOc1cc(C(C)NCC)ccn1. The van der Waals surface area contributed by atoms with Gasteiger partial charge in [0.25, 0.3) is 0 Å². The van der Waals surface area contributed by atoms with E-state index in [9.17, 15) is 0 Å². The quantitative estimate of drug-likeness (QED) is 0.678. The summed E-state index contributed by atoms with van der Waals surface area (Å²) in [7, 11) is 0. The van der Waals surface area contributed by atoms with E-state index in [0.29, 0.717) is 6.04 Å². The van der Waals surface area contributed by atoms with Gasteiger partial charge in [-0.2, -0.15) is 0 Å². The lowest BCUT2D eigenvalue weighted by Crippen LogP contribution is -2.17. The van der Waals surface area contributed by atoms with E-state index in [1.54, 1.807) is 0 Å². The third-order valence-electron chi connectivity index (χ3n) is 3.02. The van der Waals surface area contributed by atoms with Gasteiger partial charge in [0.15, 0.2) is 0 Å². The second kappa shape index (κ2) is 8.92. The van der Waals surface area contributed by atoms with Crippen LogP contribution < -0.4 is 10.1 Å². The van der Waals surface area contributed by atoms with Crippen LogP contribution in [0.25, 0.3) is 0 Å². The number of pyridine rings is 1. The third-order valence-corrected chi connectivity index (χ3v) is 3.02. The summed E-state index contributed by atoms with van der Waals surface area (Å²) in [6.45, 7) is 8.23. The molecule has 1 aromatic heterocycles. The molecule has 1 N–H and O–H groups in total. The smallest absolute Gasteiger partial charge is 0.213 e. The monoisotopic (exact) mass is 250 g/mol. The molecule has 1 aromatic rings. The normalized spacial score (nSPS) is 12.4. The first-order chi connectivity index (χ1) is 8.77. The van der Waals surface area contributed by atoms with Crippen molar-refractivity contribution in [2.24, 2.45) is 0 Å².